The van der Waals surface area contributed by atoms with Gasteiger partial charge in [-0.15, -0.1) is 0 Å². The Morgan fingerprint density at radius 1 is 1.50 bits per heavy atom. The maximum atomic E-state index is 10.2. The van der Waals surface area contributed by atoms with E-state index < -0.39 is 12.2 Å². The molecule has 3 N–H and O–H groups in total. The van der Waals surface area contributed by atoms with Gasteiger partial charge in [-0.25, -0.2) is 0 Å². The van der Waals surface area contributed by atoms with E-state index in [4.69, 9.17) is 5.11 Å². The molecular weight excluding hydrogens is 246 g/mol. The fourth-order valence-electron chi connectivity index (χ4n) is 1.58. The molecule has 1 rings (SSSR count). The fraction of sp³-hybridized carbons (Fsp3) is 0.900. The minimum atomic E-state index is -0.932. The first-order chi connectivity index (χ1) is 7.68. The van der Waals surface area contributed by atoms with Gasteiger partial charge in [0.15, 0.2) is 0 Å². The lowest BCUT2D eigenvalue weighted by Crippen LogP contribution is -2.33. The fourth-order valence-corrected chi connectivity index (χ4v) is 4.61. The number of hydrogen-bond donors (Lipinski definition) is 3. The number of nitrogens with one attached hydrogen (secondary N) is 1. The molecule has 1 aliphatic rings. The van der Waals surface area contributed by atoms with Crippen molar-refractivity contribution in [3.8, 4) is 0 Å². The van der Waals surface area contributed by atoms with E-state index in [9.17, 15) is 9.90 Å². The van der Waals surface area contributed by atoms with Crippen LogP contribution in [-0.2, 0) is 4.79 Å². The Balaban J connectivity index is 1.91. The maximum Gasteiger partial charge on any atom is 0.317 e. The minimum absolute atomic E-state index is 0.170. The number of aliphatic hydroxyl groups is 1. The van der Waals surface area contributed by atoms with Crippen molar-refractivity contribution in [3.63, 3.8) is 0 Å². The van der Waals surface area contributed by atoms with Crippen molar-refractivity contribution in [1.29, 1.82) is 0 Å². The highest BCUT2D eigenvalue weighted by molar-refractivity contribution is 8.77. The highest BCUT2D eigenvalue weighted by Crippen LogP contribution is 2.39. The summed E-state index contributed by atoms with van der Waals surface area (Å²) in [4.78, 5) is 10.2. The highest BCUT2D eigenvalue weighted by Gasteiger charge is 2.15. The van der Waals surface area contributed by atoms with Crippen LogP contribution in [0, 0.1) is 0 Å². The van der Waals surface area contributed by atoms with Gasteiger partial charge >= 0.3 is 5.97 Å². The van der Waals surface area contributed by atoms with Gasteiger partial charge in [0.25, 0.3) is 0 Å². The van der Waals surface area contributed by atoms with Crippen molar-refractivity contribution < 1.29 is 15.0 Å². The van der Waals surface area contributed by atoms with Crippen LogP contribution in [0.3, 0.4) is 0 Å². The molecule has 4 nitrogen and oxygen atoms in total. The van der Waals surface area contributed by atoms with Crippen molar-refractivity contribution >= 4 is 27.6 Å². The molecule has 1 unspecified atom stereocenters. The zero-order valence-electron chi connectivity index (χ0n) is 9.22. The van der Waals surface area contributed by atoms with Crippen LogP contribution >= 0.6 is 21.6 Å². The third kappa shape index (κ3) is 6.62. The smallest absolute Gasteiger partial charge is 0.317 e. The monoisotopic (exact) mass is 265 g/mol. The summed E-state index contributed by atoms with van der Waals surface area (Å²) in [5.41, 5.74) is 0. The second-order valence-electron chi connectivity index (χ2n) is 3.90. The quantitative estimate of drug-likeness (QED) is 0.352. The van der Waals surface area contributed by atoms with Crippen molar-refractivity contribution in [2.75, 3.05) is 12.3 Å². The largest absolute Gasteiger partial charge is 0.480 e. The van der Waals surface area contributed by atoms with Crippen molar-refractivity contribution in [1.82, 2.24) is 5.32 Å². The van der Waals surface area contributed by atoms with E-state index in [1.165, 1.54) is 18.6 Å². The summed E-state index contributed by atoms with van der Waals surface area (Å²) >= 11 is 0. The molecule has 0 amide bonds. The van der Waals surface area contributed by atoms with Gasteiger partial charge in [0.1, 0.15) is 6.23 Å². The number of aliphatic hydroxyl groups excluding tert-OH is 1. The predicted octanol–water partition coefficient (Wildman–Crippen LogP) is 1.69. The summed E-state index contributed by atoms with van der Waals surface area (Å²) in [5, 5.41) is 21.1. The summed E-state index contributed by atoms with van der Waals surface area (Å²) in [7, 11) is 3.92. The molecule has 0 aliphatic carbocycles. The predicted molar refractivity (Wildman–Crippen MR) is 68.6 cm³/mol. The van der Waals surface area contributed by atoms with Gasteiger partial charge in [-0.05, 0) is 25.7 Å². The Morgan fingerprint density at radius 2 is 2.31 bits per heavy atom. The molecule has 0 bridgehead atoms. The average molecular weight is 265 g/mol. The molecule has 0 aromatic carbocycles. The first-order valence-electron chi connectivity index (χ1n) is 5.60. The lowest BCUT2D eigenvalue weighted by Gasteiger charge is -2.11. The molecule has 16 heavy (non-hydrogen) atoms. The van der Waals surface area contributed by atoms with Gasteiger partial charge in [0, 0.05) is 11.0 Å². The molecule has 1 fully saturated rings. The van der Waals surface area contributed by atoms with E-state index in [-0.39, 0.29) is 6.54 Å². The van der Waals surface area contributed by atoms with Gasteiger partial charge in [-0.1, -0.05) is 28.0 Å². The summed E-state index contributed by atoms with van der Waals surface area (Å²) in [6, 6.07) is 0. The van der Waals surface area contributed by atoms with E-state index in [0.717, 1.165) is 18.1 Å². The number of carboxylic acid groups (broad SMARTS) is 1. The number of aliphatic carboxylic acids is 1. The van der Waals surface area contributed by atoms with Gasteiger partial charge in [-0.2, -0.15) is 0 Å². The highest BCUT2D eigenvalue weighted by atomic mass is 33.1. The molecular formula is C10H19NO3S2. The van der Waals surface area contributed by atoms with E-state index in [0.29, 0.717) is 6.42 Å². The number of unbranched alkanes of at least 4 members (excludes halogenated alkanes) is 1. The van der Waals surface area contributed by atoms with Crippen LogP contribution in [0.15, 0.2) is 0 Å². The summed E-state index contributed by atoms with van der Waals surface area (Å²) in [5.74, 6) is 0.330. The number of hydrogen-bond acceptors (Lipinski definition) is 5. The molecule has 0 spiro atoms. The van der Waals surface area contributed by atoms with E-state index >= 15 is 0 Å². The number of carboxylic acids is 1. The SMILES string of the molecule is O=C(O)CNC(O)CCCC[C@@H]1CCSS1. The Kier molecular flexibility index (Phi) is 7.27. The lowest BCUT2D eigenvalue weighted by molar-refractivity contribution is -0.136. The summed E-state index contributed by atoms with van der Waals surface area (Å²) in [6.45, 7) is -0.170. The van der Waals surface area contributed by atoms with Gasteiger partial charge < -0.3 is 10.2 Å². The first-order valence-corrected chi connectivity index (χ1v) is 7.98. The Labute approximate surface area is 104 Å². The Bertz CT molecular complexity index is 210. The molecule has 1 aliphatic heterocycles. The maximum absolute atomic E-state index is 10.2. The van der Waals surface area contributed by atoms with Crippen LogP contribution < -0.4 is 5.32 Å². The lowest BCUT2D eigenvalue weighted by atomic mass is 10.1. The Hall–Kier alpha value is 0.0900. The normalized spacial score (nSPS) is 22.2. The third-order valence-electron chi connectivity index (χ3n) is 2.47. The second kappa shape index (κ2) is 8.22. The number of rotatable bonds is 8. The minimum Gasteiger partial charge on any atom is -0.480 e. The zero-order valence-corrected chi connectivity index (χ0v) is 10.9. The molecule has 6 heteroatoms. The standard InChI is InChI=1S/C10H19NO3S2/c12-9(11-7-10(13)14)4-2-1-3-8-5-6-15-16-8/h8-9,11-12H,1-7H2,(H,13,14)/t8-,9?/m1/s1. The molecule has 0 saturated carbocycles. The topological polar surface area (TPSA) is 69.6 Å². The van der Waals surface area contributed by atoms with Crippen LogP contribution in [0.1, 0.15) is 32.1 Å². The molecule has 0 radical (unpaired) electrons. The molecule has 94 valence electrons. The summed E-state index contributed by atoms with van der Waals surface area (Å²) in [6.07, 6.45) is 4.54. The zero-order chi connectivity index (χ0) is 11.8. The number of carbonyl (C=O) groups is 1. The van der Waals surface area contributed by atoms with Crippen molar-refractivity contribution in [2.45, 2.75) is 43.6 Å². The van der Waals surface area contributed by atoms with Gasteiger partial charge in [0.2, 0.25) is 0 Å². The molecule has 2 atom stereocenters. The van der Waals surface area contributed by atoms with Crippen LogP contribution in [0.2, 0.25) is 0 Å². The molecule has 0 aromatic heterocycles. The van der Waals surface area contributed by atoms with Crippen molar-refractivity contribution in [2.24, 2.45) is 0 Å². The molecule has 0 aromatic rings. The van der Waals surface area contributed by atoms with Gasteiger partial charge in [0.05, 0.1) is 6.54 Å². The van der Waals surface area contributed by atoms with Crippen molar-refractivity contribution in [3.05, 3.63) is 0 Å². The molecule has 1 saturated heterocycles. The first kappa shape index (κ1) is 14.2. The van der Waals surface area contributed by atoms with E-state index in [2.05, 4.69) is 5.32 Å². The van der Waals surface area contributed by atoms with E-state index in [1.807, 2.05) is 21.6 Å². The third-order valence-corrected chi connectivity index (χ3v) is 5.48. The summed E-state index contributed by atoms with van der Waals surface area (Å²) < 4.78 is 0. The van der Waals surface area contributed by atoms with Crippen LogP contribution in [-0.4, -0.2) is 40.0 Å². The molecule has 1 heterocycles. The Morgan fingerprint density at radius 3 is 2.94 bits per heavy atom. The van der Waals surface area contributed by atoms with Crippen LogP contribution in [0.5, 0.6) is 0 Å². The van der Waals surface area contributed by atoms with Gasteiger partial charge in [-0.3, -0.25) is 10.1 Å². The average Bonchev–Trinajstić information content (AvgIpc) is 2.74. The second-order valence-corrected chi connectivity index (χ2v) is 6.69. The van der Waals surface area contributed by atoms with Crippen LogP contribution in [0.25, 0.3) is 0 Å². The van der Waals surface area contributed by atoms with E-state index in [1.54, 1.807) is 0 Å². The van der Waals surface area contributed by atoms with Crippen LogP contribution in [0.4, 0.5) is 0 Å².